The predicted octanol–water partition coefficient (Wildman–Crippen LogP) is 3.88. The van der Waals surface area contributed by atoms with Crippen molar-refractivity contribution in [2.45, 2.75) is 38.6 Å². The molecule has 2 aromatic carbocycles. The number of piperidine rings is 1. The molecule has 2 fully saturated rings. The van der Waals surface area contributed by atoms with Crippen LogP contribution in [-0.4, -0.2) is 16.7 Å². The molecule has 2 amide bonds. The second-order valence-corrected chi connectivity index (χ2v) is 8.20. The van der Waals surface area contributed by atoms with E-state index in [1.54, 1.807) is 0 Å². The summed E-state index contributed by atoms with van der Waals surface area (Å²) >= 11 is 0. The first-order chi connectivity index (χ1) is 11.9. The molecular formula is C22H23NO2. The van der Waals surface area contributed by atoms with Gasteiger partial charge in [-0.2, -0.15) is 0 Å². The Morgan fingerprint density at radius 3 is 2.08 bits per heavy atom. The molecule has 1 aliphatic carbocycles. The molecule has 2 aromatic rings. The number of amides is 2. The van der Waals surface area contributed by atoms with Crippen LogP contribution in [0.5, 0.6) is 0 Å². The standard InChI is InChI=1S/C22H23NO2/c1-22(2,3)16-11-7-10-15(12-16)17-18-19(17)21(25)23(20(18)24)13-14-8-5-4-6-9-14/h4-12,17-19H,13H2,1-3H3/t17-,18+,19-. The van der Waals surface area contributed by atoms with Crippen molar-refractivity contribution in [3.05, 3.63) is 71.3 Å². The molecule has 0 unspecified atom stereocenters. The number of likely N-dealkylation sites (tertiary alicyclic amines) is 1. The van der Waals surface area contributed by atoms with E-state index in [9.17, 15) is 9.59 Å². The zero-order chi connectivity index (χ0) is 17.8. The van der Waals surface area contributed by atoms with Crippen LogP contribution in [-0.2, 0) is 21.5 Å². The van der Waals surface area contributed by atoms with Gasteiger partial charge in [0.1, 0.15) is 0 Å². The van der Waals surface area contributed by atoms with Crippen LogP contribution in [0.3, 0.4) is 0 Å². The van der Waals surface area contributed by atoms with Crippen LogP contribution in [0, 0.1) is 11.8 Å². The third-order valence-electron chi connectivity index (χ3n) is 5.44. The summed E-state index contributed by atoms with van der Waals surface area (Å²) in [5.41, 5.74) is 3.43. The molecule has 1 aliphatic heterocycles. The Labute approximate surface area is 148 Å². The van der Waals surface area contributed by atoms with Gasteiger partial charge in [0.2, 0.25) is 11.8 Å². The van der Waals surface area contributed by atoms with E-state index >= 15 is 0 Å². The van der Waals surface area contributed by atoms with E-state index < -0.39 is 0 Å². The highest BCUT2D eigenvalue weighted by Crippen LogP contribution is 2.59. The molecule has 0 N–H and O–H groups in total. The fourth-order valence-corrected chi connectivity index (χ4v) is 3.94. The zero-order valence-electron chi connectivity index (χ0n) is 14.9. The Balaban J connectivity index is 1.54. The van der Waals surface area contributed by atoms with E-state index in [0.717, 1.165) is 11.1 Å². The van der Waals surface area contributed by atoms with Crippen molar-refractivity contribution in [1.29, 1.82) is 0 Å². The fourth-order valence-electron chi connectivity index (χ4n) is 3.94. The molecule has 2 aliphatic rings. The number of rotatable bonds is 3. The molecule has 3 heteroatoms. The lowest BCUT2D eigenvalue weighted by Crippen LogP contribution is -2.33. The van der Waals surface area contributed by atoms with E-state index in [1.807, 2.05) is 36.4 Å². The van der Waals surface area contributed by atoms with E-state index in [4.69, 9.17) is 0 Å². The van der Waals surface area contributed by atoms with E-state index in [-0.39, 0.29) is 35.0 Å². The summed E-state index contributed by atoms with van der Waals surface area (Å²) in [6.07, 6.45) is 0. The SMILES string of the molecule is CC(C)(C)c1cccc([C@@H]2[C@@H]3C(=O)N(Cc4ccccc4)C(=O)[C@@H]32)c1. The molecule has 1 saturated heterocycles. The summed E-state index contributed by atoms with van der Waals surface area (Å²) in [5, 5.41) is 0. The average molecular weight is 333 g/mol. The van der Waals surface area contributed by atoms with Gasteiger partial charge in [-0.15, -0.1) is 0 Å². The number of imide groups is 1. The number of hydrogen-bond donors (Lipinski definition) is 0. The summed E-state index contributed by atoms with van der Waals surface area (Å²) in [4.78, 5) is 26.9. The number of carbonyl (C=O) groups is 2. The van der Waals surface area contributed by atoms with Crippen molar-refractivity contribution in [2.24, 2.45) is 11.8 Å². The van der Waals surface area contributed by atoms with Gasteiger partial charge in [-0.25, -0.2) is 0 Å². The van der Waals surface area contributed by atoms with Gasteiger partial charge in [0, 0.05) is 5.92 Å². The van der Waals surface area contributed by atoms with E-state index in [2.05, 4.69) is 39.0 Å². The van der Waals surface area contributed by atoms with Gasteiger partial charge in [0.05, 0.1) is 18.4 Å². The first-order valence-electron chi connectivity index (χ1n) is 8.87. The summed E-state index contributed by atoms with van der Waals surface area (Å²) < 4.78 is 0. The summed E-state index contributed by atoms with van der Waals surface area (Å²) in [6, 6.07) is 18.1. The average Bonchev–Trinajstić information content (AvgIpc) is 3.29. The zero-order valence-corrected chi connectivity index (χ0v) is 14.9. The Bertz CT molecular complexity index is 813. The van der Waals surface area contributed by atoms with Gasteiger partial charge < -0.3 is 0 Å². The Morgan fingerprint density at radius 1 is 0.840 bits per heavy atom. The maximum atomic E-state index is 12.7. The van der Waals surface area contributed by atoms with Crippen LogP contribution >= 0.6 is 0 Å². The van der Waals surface area contributed by atoms with Crippen LogP contribution in [0.4, 0.5) is 0 Å². The molecule has 4 rings (SSSR count). The van der Waals surface area contributed by atoms with Crippen molar-refractivity contribution >= 4 is 11.8 Å². The number of nitrogens with zero attached hydrogens (tertiary/aromatic N) is 1. The quantitative estimate of drug-likeness (QED) is 0.799. The number of benzene rings is 2. The maximum absolute atomic E-state index is 12.7. The van der Waals surface area contributed by atoms with Gasteiger partial charge in [0.25, 0.3) is 0 Å². The minimum atomic E-state index is -0.161. The van der Waals surface area contributed by atoms with Gasteiger partial charge in [-0.3, -0.25) is 14.5 Å². The normalized spacial score (nSPS) is 25.2. The van der Waals surface area contributed by atoms with E-state index in [0.29, 0.717) is 6.54 Å². The highest BCUT2D eigenvalue weighted by molar-refractivity contribution is 6.10. The molecule has 3 nitrogen and oxygen atoms in total. The van der Waals surface area contributed by atoms with Crippen LogP contribution in [0.25, 0.3) is 0 Å². The summed E-state index contributed by atoms with van der Waals surface area (Å²) in [5.74, 6) is -0.276. The highest BCUT2D eigenvalue weighted by atomic mass is 16.2. The molecule has 0 aromatic heterocycles. The van der Waals surface area contributed by atoms with Crippen molar-refractivity contribution < 1.29 is 9.59 Å². The lowest BCUT2D eigenvalue weighted by atomic mass is 9.85. The minimum absolute atomic E-state index is 0.00925. The van der Waals surface area contributed by atoms with Crippen molar-refractivity contribution in [3.63, 3.8) is 0 Å². The van der Waals surface area contributed by atoms with Gasteiger partial charge >= 0.3 is 0 Å². The molecule has 0 radical (unpaired) electrons. The number of hydrogen-bond acceptors (Lipinski definition) is 2. The summed E-state index contributed by atoms with van der Waals surface area (Å²) in [7, 11) is 0. The van der Waals surface area contributed by atoms with Crippen LogP contribution in [0.15, 0.2) is 54.6 Å². The lowest BCUT2D eigenvalue weighted by molar-refractivity contribution is -0.142. The molecule has 0 spiro atoms. The van der Waals surface area contributed by atoms with E-state index in [1.165, 1.54) is 10.5 Å². The minimum Gasteiger partial charge on any atom is -0.278 e. The van der Waals surface area contributed by atoms with Gasteiger partial charge in [-0.1, -0.05) is 75.4 Å². The number of fused-ring (bicyclic) bond motifs is 1. The molecule has 1 saturated carbocycles. The number of carbonyl (C=O) groups excluding carboxylic acids is 2. The maximum Gasteiger partial charge on any atom is 0.234 e. The lowest BCUT2D eigenvalue weighted by Gasteiger charge is -2.21. The Hall–Kier alpha value is -2.42. The largest absolute Gasteiger partial charge is 0.278 e. The smallest absolute Gasteiger partial charge is 0.234 e. The second-order valence-electron chi connectivity index (χ2n) is 8.20. The van der Waals surface area contributed by atoms with Crippen LogP contribution in [0.2, 0.25) is 0 Å². The third-order valence-corrected chi connectivity index (χ3v) is 5.44. The Kier molecular flexibility index (Phi) is 3.57. The molecule has 128 valence electrons. The van der Waals surface area contributed by atoms with Gasteiger partial charge in [-0.05, 0) is 22.1 Å². The molecule has 3 atom stereocenters. The predicted molar refractivity (Wildman–Crippen MR) is 96.9 cm³/mol. The third kappa shape index (κ3) is 2.68. The second kappa shape index (κ2) is 5.55. The molecular weight excluding hydrogens is 310 g/mol. The van der Waals surface area contributed by atoms with Gasteiger partial charge in [0.15, 0.2) is 0 Å². The Morgan fingerprint density at radius 2 is 1.48 bits per heavy atom. The van der Waals surface area contributed by atoms with Crippen LogP contribution in [0.1, 0.15) is 43.4 Å². The topological polar surface area (TPSA) is 37.4 Å². The first kappa shape index (κ1) is 16.1. The van der Waals surface area contributed by atoms with Crippen molar-refractivity contribution in [3.8, 4) is 0 Å². The molecule has 1 heterocycles. The molecule has 0 bridgehead atoms. The van der Waals surface area contributed by atoms with Crippen molar-refractivity contribution in [2.75, 3.05) is 0 Å². The highest BCUT2D eigenvalue weighted by Gasteiger charge is 2.67. The van der Waals surface area contributed by atoms with Crippen molar-refractivity contribution in [1.82, 2.24) is 4.90 Å². The first-order valence-corrected chi connectivity index (χ1v) is 8.87. The summed E-state index contributed by atoms with van der Waals surface area (Å²) in [6.45, 7) is 6.92. The molecule has 25 heavy (non-hydrogen) atoms. The van der Waals surface area contributed by atoms with Crippen LogP contribution < -0.4 is 0 Å². The fraction of sp³-hybridized carbons (Fsp3) is 0.364. The monoisotopic (exact) mass is 333 g/mol.